The van der Waals surface area contributed by atoms with Gasteiger partial charge in [-0.15, -0.1) is 0 Å². The molecular weight excluding hydrogens is 729 g/mol. The normalized spacial score (nSPS) is 12.1. The Labute approximate surface area is 369 Å². The van der Waals surface area contributed by atoms with Crippen LogP contribution in [0.3, 0.4) is 0 Å². The average Bonchev–Trinajstić information content (AvgIpc) is 3.24. The summed E-state index contributed by atoms with van der Waals surface area (Å²) >= 11 is 0. The second-order valence-corrected chi connectivity index (χ2v) is 18.3. The molecule has 0 aromatic heterocycles. The number of unbranched alkanes of at least 4 members (excludes halogenated alkanes) is 40. The molecule has 0 spiro atoms. The third-order valence-electron chi connectivity index (χ3n) is 12.3. The number of rotatable bonds is 50. The Bertz CT molecular complexity index is 856. The van der Waals surface area contributed by atoms with Crippen LogP contribution in [-0.4, -0.2) is 36.4 Å². The Morgan fingerprint density at radius 1 is 0.373 bits per heavy atom. The number of aliphatic hydroxyl groups is 1. The first kappa shape index (κ1) is 57.6. The van der Waals surface area contributed by atoms with E-state index in [1.807, 2.05) is 0 Å². The Hall–Kier alpha value is -1.36. The third-order valence-corrected chi connectivity index (χ3v) is 12.3. The monoisotopic (exact) mass is 833 g/mol. The maximum Gasteiger partial charge on any atom is 0.306 e. The van der Waals surface area contributed by atoms with Crippen molar-refractivity contribution in [2.24, 2.45) is 0 Å². The Balaban J connectivity index is 3.33. The van der Waals surface area contributed by atoms with Gasteiger partial charge in [0.1, 0.15) is 6.61 Å². The molecule has 350 valence electrons. The first-order valence-corrected chi connectivity index (χ1v) is 26.7. The Morgan fingerprint density at radius 3 is 0.966 bits per heavy atom. The van der Waals surface area contributed by atoms with Gasteiger partial charge in [-0.1, -0.05) is 270 Å². The first-order chi connectivity index (χ1) is 29.1. The van der Waals surface area contributed by atoms with Crippen molar-refractivity contribution in [3.8, 4) is 0 Å². The predicted molar refractivity (Wildman–Crippen MR) is 256 cm³/mol. The minimum absolute atomic E-state index is 0.0630. The van der Waals surface area contributed by atoms with Crippen molar-refractivity contribution in [2.75, 3.05) is 13.2 Å². The summed E-state index contributed by atoms with van der Waals surface area (Å²) in [5.41, 5.74) is 0. The first-order valence-electron chi connectivity index (χ1n) is 26.7. The van der Waals surface area contributed by atoms with E-state index >= 15 is 0 Å². The highest BCUT2D eigenvalue weighted by molar-refractivity contribution is 5.70. The van der Waals surface area contributed by atoms with E-state index in [4.69, 9.17) is 9.47 Å². The molecule has 0 aromatic rings. The van der Waals surface area contributed by atoms with Crippen molar-refractivity contribution in [3.63, 3.8) is 0 Å². The molecule has 0 aliphatic rings. The Morgan fingerprint density at radius 2 is 0.644 bits per heavy atom. The SMILES string of the molecule is CCCC/C=C\CCCCCCCC(=O)OC(CO)COC(=O)CCCCCCCCCCCCCCCCCCCCCCCCCCCCCCCCCCCC. The molecule has 0 heterocycles. The van der Waals surface area contributed by atoms with Crippen molar-refractivity contribution in [1.82, 2.24) is 0 Å². The van der Waals surface area contributed by atoms with Crippen molar-refractivity contribution >= 4 is 11.9 Å². The van der Waals surface area contributed by atoms with Gasteiger partial charge in [-0.3, -0.25) is 9.59 Å². The fourth-order valence-electron chi connectivity index (χ4n) is 8.25. The van der Waals surface area contributed by atoms with Gasteiger partial charge in [0.2, 0.25) is 0 Å². The van der Waals surface area contributed by atoms with Crippen LogP contribution < -0.4 is 0 Å². The molecule has 0 amide bonds. The summed E-state index contributed by atoms with van der Waals surface area (Å²) in [5.74, 6) is -0.587. The quantitative estimate of drug-likeness (QED) is 0.0375. The number of hydrogen-bond acceptors (Lipinski definition) is 5. The van der Waals surface area contributed by atoms with Gasteiger partial charge in [-0.25, -0.2) is 0 Å². The number of ether oxygens (including phenoxy) is 2. The summed E-state index contributed by atoms with van der Waals surface area (Å²) < 4.78 is 10.6. The number of carbonyl (C=O) groups is 2. The van der Waals surface area contributed by atoms with E-state index in [2.05, 4.69) is 26.0 Å². The van der Waals surface area contributed by atoms with Gasteiger partial charge in [0, 0.05) is 12.8 Å². The highest BCUT2D eigenvalue weighted by atomic mass is 16.6. The van der Waals surface area contributed by atoms with Gasteiger partial charge < -0.3 is 14.6 Å². The minimum Gasteiger partial charge on any atom is -0.462 e. The number of allylic oxidation sites excluding steroid dienone is 2. The predicted octanol–water partition coefficient (Wildman–Crippen LogP) is 17.6. The van der Waals surface area contributed by atoms with Crippen LogP contribution in [0.4, 0.5) is 0 Å². The van der Waals surface area contributed by atoms with Crippen LogP contribution in [0.5, 0.6) is 0 Å². The van der Waals surface area contributed by atoms with Crippen LogP contribution >= 0.6 is 0 Å². The van der Waals surface area contributed by atoms with Crippen molar-refractivity contribution in [2.45, 2.75) is 309 Å². The van der Waals surface area contributed by atoms with Gasteiger partial charge in [0.25, 0.3) is 0 Å². The van der Waals surface area contributed by atoms with E-state index in [-0.39, 0.29) is 25.2 Å². The molecular formula is C54H104O5. The topological polar surface area (TPSA) is 72.8 Å². The zero-order valence-corrected chi connectivity index (χ0v) is 40.0. The lowest BCUT2D eigenvalue weighted by Crippen LogP contribution is -2.28. The summed E-state index contributed by atoms with van der Waals surface area (Å²) in [4.78, 5) is 24.3. The lowest BCUT2D eigenvalue weighted by atomic mass is 10.0. The van der Waals surface area contributed by atoms with Crippen molar-refractivity contribution < 1.29 is 24.2 Å². The van der Waals surface area contributed by atoms with Crippen LogP contribution in [0.1, 0.15) is 303 Å². The fraction of sp³-hybridized carbons (Fsp3) is 0.926. The number of aliphatic hydroxyl groups excluding tert-OH is 1. The van der Waals surface area contributed by atoms with E-state index < -0.39 is 6.10 Å². The molecule has 0 aliphatic heterocycles. The molecule has 0 fully saturated rings. The smallest absolute Gasteiger partial charge is 0.306 e. The number of esters is 2. The van der Waals surface area contributed by atoms with Gasteiger partial charge >= 0.3 is 11.9 Å². The average molecular weight is 833 g/mol. The van der Waals surface area contributed by atoms with Gasteiger partial charge in [-0.05, 0) is 32.1 Å². The molecule has 0 rings (SSSR count). The molecule has 1 N–H and O–H groups in total. The zero-order valence-electron chi connectivity index (χ0n) is 40.0. The maximum atomic E-state index is 12.2. The summed E-state index contributed by atoms with van der Waals surface area (Å²) in [6.07, 6.45) is 62.1. The molecule has 1 atom stereocenters. The highest BCUT2D eigenvalue weighted by Crippen LogP contribution is 2.18. The summed E-state index contributed by atoms with van der Waals surface area (Å²) in [5, 5.41) is 9.58. The van der Waals surface area contributed by atoms with Crippen molar-refractivity contribution in [3.05, 3.63) is 12.2 Å². The molecule has 0 radical (unpaired) electrons. The zero-order chi connectivity index (χ0) is 42.8. The van der Waals surface area contributed by atoms with Crippen LogP contribution in [0.2, 0.25) is 0 Å². The lowest BCUT2D eigenvalue weighted by Gasteiger charge is -2.15. The van der Waals surface area contributed by atoms with Crippen LogP contribution in [0, 0.1) is 0 Å². The third kappa shape index (κ3) is 49.2. The van der Waals surface area contributed by atoms with Crippen LogP contribution in [0.25, 0.3) is 0 Å². The lowest BCUT2D eigenvalue weighted by molar-refractivity contribution is -0.161. The van der Waals surface area contributed by atoms with E-state index in [1.165, 1.54) is 238 Å². The second kappa shape index (κ2) is 51.0. The maximum absolute atomic E-state index is 12.2. The molecule has 1 unspecified atom stereocenters. The molecule has 0 saturated heterocycles. The molecule has 0 saturated carbocycles. The molecule has 5 heteroatoms. The van der Waals surface area contributed by atoms with Gasteiger partial charge in [0.05, 0.1) is 6.61 Å². The van der Waals surface area contributed by atoms with E-state index in [1.54, 1.807) is 0 Å². The fourth-order valence-corrected chi connectivity index (χ4v) is 8.25. The second-order valence-electron chi connectivity index (χ2n) is 18.3. The summed E-state index contributed by atoms with van der Waals surface area (Å²) in [6.45, 7) is 4.13. The molecule has 5 nitrogen and oxygen atoms in total. The Kier molecular flexibility index (Phi) is 49.8. The van der Waals surface area contributed by atoms with E-state index in [9.17, 15) is 14.7 Å². The number of carbonyl (C=O) groups excluding carboxylic acids is 2. The number of hydrogen-bond donors (Lipinski definition) is 1. The molecule has 0 bridgehead atoms. The van der Waals surface area contributed by atoms with Gasteiger partial charge in [0.15, 0.2) is 6.10 Å². The summed E-state index contributed by atoms with van der Waals surface area (Å²) in [7, 11) is 0. The standard InChI is InChI=1S/C54H104O5/c1-3-5-7-9-11-13-15-16-17-18-19-20-21-22-23-24-25-26-27-28-29-30-31-32-33-34-35-36-37-39-40-42-44-46-48-53(56)58-51-52(50-55)59-54(57)49-47-45-43-41-38-14-12-10-8-6-4-2/h10,12,52,55H,3-9,11,13-51H2,1-2H3/b12-10-. The van der Waals surface area contributed by atoms with Crippen molar-refractivity contribution in [1.29, 1.82) is 0 Å². The van der Waals surface area contributed by atoms with E-state index in [0.717, 1.165) is 38.5 Å². The summed E-state index contributed by atoms with van der Waals surface area (Å²) in [6, 6.07) is 0. The highest BCUT2D eigenvalue weighted by Gasteiger charge is 2.16. The van der Waals surface area contributed by atoms with Crippen LogP contribution in [0.15, 0.2) is 12.2 Å². The molecule has 0 aliphatic carbocycles. The van der Waals surface area contributed by atoms with E-state index in [0.29, 0.717) is 12.8 Å². The molecule has 0 aromatic carbocycles. The molecule has 59 heavy (non-hydrogen) atoms. The largest absolute Gasteiger partial charge is 0.462 e. The minimum atomic E-state index is -0.769. The van der Waals surface area contributed by atoms with Crippen LogP contribution in [-0.2, 0) is 19.1 Å². The van der Waals surface area contributed by atoms with Gasteiger partial charge in [-0.2, -0.15) is 0 Å².